The van der Waals surface area contributed by atoms with Gasteiger partial charge in [0.2, 0.25) is 5.82 Å². The van der Waals surface area contributed by atoms with Gasteiger partial charge in [0.25, 0.3) is 11.8 Å². The number of rotatable bonds is 6. The third-order valence-electron chi connectivity index (χ3n) is 5.37. The summed E-state index contributed by atoms with van der Waals surface area (Å²) in [4.78, 5) is 5.75. The second kappa shape index (κ2) is 6.71. The van der Waals surface area contributed by atoms with Crippen molar-refractivity contribution in [3.8, 4) is 5.88 Å². The molecule has 1 unspecified atom stereocenters. The molecular weight excluding hydrogens is 355 g/mol. The molecule has 4 rings (SSSR count). The molecule has 2 fully saturated rings. The number of nitrogens with zero attached hydrogens (tertiary/aromatic N) is 2. The number of anilines is 1. The van der Waals surface area contributed by atoms with Gasteiger partial charge in [0.1, 0.15) is 0 Å². The van der Waals surface area contributed by atoms with Gasteiger partial charge in [-0.05, 0) is 24.1 Å². The number of hydrogen-bond donors (Lipinski definition) is 1. The van der Waals surface area contributed by atoms with Gasteiger partial charge in [-0.2, -0.15) is 4.39 Å². The van der Waals surface area contributed by atoms with Gasteiger partial charge in [0, 0.05) is 37.7 Å². The molecule has 0 bridgehead atoms. The molecule has 2 atom stereocenters. The van der Waals surface area contributed by atoms with Crippen LogP contribution in [-0.4, -0.2) is 30.6 Å². The van der Waals surface area contributed by atoms with Gasteiger partial charge in [-0.3, -0.25) is 0 Å². The fourth-order valence-electron chi connectivity index (χ4n) is 3.35. The summed E-state index contributed by atoms with van der Waals surface area (Å²) in [6.07, 6.45) is 1.24. The molecule has 1 aliphatic carbocycles. The van der Waals surface area contributed by atoms with Crippen LogP contribution < -0.4 is 15.4 Å². The number of ether oxygens (including phenoxy) is 1. The number of hydrogen-bond acceptors (Lipinski definition) is 4. The number of pyridine rings is 1. The van der Waals surface area contributed by atoms with Crippen molar-refractivity contribution in [3.05, 3.63) is 53.5 Å². The van der Waals surface area contributed by atoms with E-state index in [1.807, 2.05) is 24.0 Å². The van der Waals surface area contributed by atoms with E-state index >= 15 is 0 Å². The van der Waals surface area contributed by atoms with Crippen LogP contribution in [0.25, 0.3) is 0 Å². The van der Waals surface area contributed by atoms with Crippen LogP contribution in [0.15, 0.2) is 36.5 Å². The van der Waals surface area contributed by atoms with E-state index < -0.39 is 17.7 Å². The van der Waals surface area contributed by atoms with Crippen molar-refractivity contribution in [1.82, 2.24) is 4.98 Å². The van der Waals surface area contributed by atoms with Gasteiger partial charge in [-0.15, -0.1) is 0 Å². The van der Waals surface area contributed by atoms with Crippen LogP contribution in [0.2, 0.25) is 0 Å². The van der Waals surface area contributed by atoms with Gasteiger partial charge in [0.05, 0.1) is 18.2 Å². The van der Waals surface area contributed by atoms with Crippen LogP contribution in [0.4, 0.5) is 18.9 Å². The molecule has 0 spiro atoms. The number of aromatic nitrogens is 1. The zero-order chi connectivity index (χ0) is 19.2. The summed E-state index contributed by atoms with van der Waals surface area (Å²) in [6.45, 7) is 3.09. The van der Waals surface area contributed by atoms with Crippen LogP contribution in [0.1, 0.15) is 36.4 Å². The maximum Gasteiger partial charge on any atom is 0.255 e. The highest BCUT2D eigenvalue weighted by atomic mass is 19.3. The predicted octanol–water partition coefficient (Wildman–Crippen LogP) is 3.88. The van der Waals surface area contributed by atoms with E-state index in [-0.39, 0.29) is 24.9 Å². The molecule has 0 amide bonds. The zero-order valence-electron chi connectivity index (χ0n) is 15.0. The Morgan fingerprint density at radius 1 is 1.26 bits per heavy atom. The fourth-order valence-corrected chi connectivity index (χ4v) is 3.35. The second-order valence-corrected chi connectivity index (χ2v) is 7.48. The number of benzene rings is 1. The van der Waals surface area contributed by atoms with Gasteiger partial charge in [-0.25, -0.2) is 13.8 Å². The molecule has 2 N–H and O–H groups in total. The van der Waals surface area contributed by atoms with Crippen molar-refractivity contribution < 1.29 is 17.9 Å². The van der Waals surface area contributed by atoms with Crippen molar-refractivity contribution in [2.75, 3.05) is 24.6 Å². The lowest BCUT2D eigenvalue weighted by Crippen LogP contribution is -2.45. The van der Waals surface area contributed by atoms with Gasteiger partial charge >= 0.3 is 0 Å². The normalized spacial score (nSPS) is 22.3. The molecule has 144 valence electrons. The molecule has 1 aromatic heterocycles. The molecule has 0 radical (unpaired) electrons. The highest BCUT2D eigenvalue weighted by Gasteiger charge is 2.57. The first kappa shape index (κ1) is 18.1. The van der Waals surface area contributed by atoms with E-state index in [4.69, 9.17) is 10.5 Å². The van der Waals surface area contributed by atoms with Crippen LogP contribution in [-0.2, 0) is 0 Å². The van der Waals surface area contributed by atoms with Crippen LogP contribution in [0.3, 0.4) is 0 Å². The maximum atomic E-state index is 14.6. The average molecular weight is 377 g/mol. The second-order valence-electron chi connectivity index (χ2n) is 7.48. The Morgan fingerprint density at radius 2 is 1.93 bits per heavy atom. The Balaban J connectivity index is 1.38. The lowest BCUT2D eigenvalue weighted by atomic mass is 9.90. The zero-order valence-corrected chi connectivity index (χ0v) is 15.0. The maximum absolute atomic E-state index is 14.6. The number of alkyl halides is 2. The lowest BCUT2D eigenvalue weighted by Gasteiger charge is -2.41. The lowest BCUT2D eigenvalue weighted by molar-refractivity contribution is 0.0842. The Kier molecular flexibility index (Phi) is 4.50. The first-order chi connectivity index (χ1) is 12.8. The molecule has 7 heteroatoms. The Morgan fingerprint density at radius 3 is 2.52 bits per heavy atom. The molecule has 1 aromatic carbocycles. The smallest absolute Gasteiger partial charge is 0.255 e. The van der Waals surface area contributed by atoms with Crippen molar-refractivity contribution in [2.45, 2.75) is 31.2 Å². The molecular formula is C20H22F3N3O. The third kappa shape index (κ3) is 3.60. The fraction of sp³-hybridized carbons (Fsp3) is 0.450. The molecule has 2 aliphatic rings. The highest BCUT2D eigenvalue weighted by Crippen LogP contribution is 2.48. The first-order valence-corrected chi connectivity index (χ1v) is 9.10. The molecule has 1 saturated carbocycles. The average Bonchev–Trinajstić information content (AvgIpc) is 3.21. The Hall–Kier alpha value is -2.28. The molecule has 27 heavy (non-hydrogen) atoms. The van der Waals surface area contributed by atoms with E-state index in [1.54, 1.807) is 6.07 Å². The topological polar surface area (TPSA) is 51.4 Å². The molecule has 2 aromatic rings. The summed E-state index contributed by atoms with van der Waals surface area (Å²) in [7, 11) is 0. The summed E-state index contributed by atoms with van der Waals surface area (Å²) in [6, 6.07) is 9.76. The van der Waals surface area contributed by atoms with Crippen molar-refractivity contribution in [3.63, 3.8) is 0 Å². The quantitative estimate of drug-likeness (QED) is 0.830. The minimum absolute atomic E-state index is 0.00290. The van der Waals surface area contributed by atoms with E-state index in [2.05, 4.69) is 17.1 Å². The summed E-state index contributed by atoms with van der Waals surface area (Å²) in [5, 5.41) is 0. The van der Waals surface area contributed by atoms with E-state index in [1.165, 1.54) is 11.8 Å². The monoisotopic (exact) mass is 377 g/mol. The summed E-state index contributed by atoms with van der Waals surface area (Å²) in [5.74, 6) is -4.01. The predicted molar refractivity (Wildman–Crippen MR) is 96.7 cm³/mol. The van der Waals surface area contributed by atoms with Crippen molar-refractivity contribution in [2.24, 2.45) is 11.7 Å². The van der Waals surface area contributed by atoms with Crippen molar-refractivity contribution in [1.29, 1.82) is 0 Å². The Labute approximate surface area is 156 Å². The standard InChI is InChI=1S/C20H22F3N3O/c1-12(24)13-2-4-14(5-3-13)15-9-26(10-15)17-6-7-25-19(18(17)21)27-11-16-8-20(16,22)23/h2-7,12,15-16H,8-11,24H2,1H3/t12-,16?/m0/s1. The molecule has 1 saturated heterocycles. The third-order valence-corrected chi connectivity index (χ3v) is 5.37. The number of nitrogens with two attached hydrogens (primary N) is 1. The number of halogens is 3. The molecule has 4 nitrogen and oxygen atoms in total. The minimum atomic E-state index is -2.68. The SMILES string of the molecule is C[C@H](N)c1ccc(C2CN(c3ccnc(OCC4CC4(F)F)c3F)C2)cc1. The summed E-state index contributed by atoms with van der Waals surface area (Å²) in [5.41, 5.74) is 8.54. The molecule has 2 heterocycles. The first-order valence-electron chi connectivity index (χ1n) is 9.10. The van der Waals surface area contributed by atoms with Crippen LogP contribution in [0, 0.1) is 11.7 Å². The van der Waals surface area contributed by atoms with Gasteiger partial charge in [-0.1, -0.05) is 24.3 Å². The van der Waals surface area contributed by atoms with E-state index in [0.29, 0.717) is 24.7 Å². The minimum Gasteiger partial charge on any atom is -0.475 e. The Bertz CT molecular complexity index is 820. The van der Waals surface area contributed by atoms with Gasteiger partial charge < -0.3 is 15.4 Å². The van der Waals surface area contributed by atoms with E-state index in [9.17, 15) is 13.2 Å². The van der Waals surface area contributed by atoms with Crippen LogP contribution in [0.5, 0.6) is 5.88 Å². The largest absolute Gasteiger partial charge is 0.475 e. The van der Waals surface area contributed by atoms with E-state index in [0.717, 1.165) is 5.56 Å². The van der Waals surface area contributed by atoms with Crippen molar-refractivity contribution >= 4 is 5.69 Å². The van der Waals surface area contributed by atoms with Gasteiger partial charge in [0.15, 0.2) is 0 Å². The summed E-state index contributed by atoms with van der Waals surface area (Å²) < 4.78 is 45.7. The highest BCUT2D eigenvalue weighted by molar-refractivity contribution is 5.54. The molecule has 1 aliphatic heterocycles. The summed E-state index contributed by atoms with van der Waals surface area (Å²) >= 11 is 0. The van der Waals surface area contributed by atoms with Crippen LogP contribution >= 0.6 is 0 Å².